The number of aryl methyl sites for hydroxylation is 1. The van der Waals surface area contributed by atoms with Crippen LogP contribution < -0.4 is 10.9 Å². The minimum Gasteiger partial charge on any atom is -0.444 e. The van der Waals surface area contributed by atoms with E-state index < -0.39 is 5.60 Å². The Morgan fingerprint density at radius 1 is 1.21 bits per heavy atom. The molecule has 0 saturated heterocycles. The van der Waals surface area contributed by atoms with E-state index in [0.717, 1.165) is 49.2 Å². The molecule has 0 spiro atoms. The zero-order chi connectivity index (χ0) is 20.8. The van der Waals surface area contributed by atoms with Crippen LogP contribution in [0.3, 0.4) is 0 Å². The quantitative estimate of drug-likeness (QED) is 0.726. The molecule has 29 heavy (non-hydrogen) atoms. The lowest BCUT2D eigenvalue weighted by Gasteiger charge is -2.29. The molecule has 0 aromatic carbocycles. The lowest BCUT2D eigenvalue weighted by atomic mass is 9.82. The van der Waals surface area contributed by atoms with Gasteiger partial charge in [-0.3, -0.25) is 13.8 Å². The van der Waals surface area contributed by atoms with E-state index in [1.165, 1.54) is 0 Å². The molecule has 1 aliphatic carbocycles. The van der Waals surface area contributed by atoms with Crippen molar-refractivity contribution in [1.82, 2.24) is 19.3 Å². The summed E-state index contributed by atoms with van der Waals surface area (Å²) in [6.45, 7) is 8.89. The summed E-state index contributed by atoms with van der Waals surface area (Å²) in [4.78, 5) is 29.3. The highest BCUT2D eigenvalue weighted by molar-refractivity contribution is 5.69. The van der Waals surface area contributed by atoms with Gasteiger partial charge in [0.05, 0.1) is 5.69 Å². The highest BCUT2D eigenvalue weighted by Gasteiger charge is 2.25. The third kappa shape index (κ3) is 3.95. The molecular formula is C22H30N4O3. The Bertz CT molecular complexity index is 1070. The normalized spacial score (nSPS) is 20.4. The molecule has 0 bridgehead atoms. The Kier molecular flexibility index (Phi) is 5.00. The highest BCUT2D eigenvalue weighted by atomic mass is 16.6. The van der Waals surface area contributed by atoms with Crippen molar-refractivity contribution >= 4 is 22.9 Å². The van der Waals surface area contributed by atoms with Crippen LogP contribution in [0.1, 0.15) is 52.1 Å². The Labute approximate surface area is 170 Å². The molecule has 3 heterocycles. The fraction of sp³-hybridized carbons (Fsp3) is 0.591. The van der Waals surface area contributed by atoms with Crippen LogP contribution in [-0.4, -0.2) is 32.2 Å². The molecule has 0 unspecified atom stereocenters. The summed E-state index contributed by atoms with van der Waals surface area (Å²) in [5, 5.41) is 2.90. The molecule has 156 valence electrons. The Balaban J connectivity index is 1.37. The number of alkyl carbamates (subject to hydrolysis) is 1. The number of hydrogen-bond acceptors (Lipinski definition) is 4. The molecule has 0 radical (unpaired) electrons. The Morgan fingerprint density at radius 3 is 2.59 bits per heavy atom. The van der Waals surface area contributed by atoms with Gasteiger partial charge in [-0.25, -0.2) is 9.78 Å². The maximum absolute atomic E-state index is 13.0. The summed E-state index contributed by atoms with van der Waals surface area (Å²) >= 11 is 0. The first-order valence-electron chi connectivity index (χ1n) is 10.5. The van der Waals surface area contributed by atoms with Crippen LogP contribution in [-0.2, 0) is 11.3 Å². The molecule has 4 rings (SSSR count). The average molecular weight is 399 g/mol. The van der Waals surface area contributed by atoms with Crippen molar-refractivity contribution in [3.63, 3.8) is 0 Å². The molecule has 3 aromatic rings. The summed E-state index contributed by atoms with van der Waals surface area (Å²) in [6.07, 6.45) is 3.89. The molecule has 1 N–H and O–H groups in total. The number of aromatic nitrogens is 3. The first-order valence-corrected chi connectivity index (χ1v) is 10.5. The number of ether oxygens (including phenoxy) is 1. The maximum Gasteiger partial charge on any atom is 0.407 e. The first kappa shape index (κ1) is 19.7. The topological polar surface area (TPSA) is 77.6 Å². The highest BCUT2D eigenvalue weighted by Crippen LogP contribution is 2.30. The van der Waals surface area contributed by atoms with E-state index in [0.29, 0.717) is 23.9 Å². The average Bonchev–Trinajstić information content (AvgIpc) is 3.13. The van der Waals surface area contributed by atoms with Crippen LogP contribution in [0.25, 0.3) is 16.8 Å². The van der Waals surface area contributed by atoms with Gasteiger partial charge in [-0.15, -0.1) is 0 Å². The van der Waals surface area contributed by atoms with E-state index in [1.807, 2.05) is 54.9 Å². The molecular weight excluding hydrogens is 368 g/mol. The number of imidazole rings is 2. The molecule has 1 fully saturated rings. The lowest BCUT2D eigenvalue weighted by Crippen LogP contribution is -2.36. The second-order valence-corrected chi connectivity index (χ2v) is 9.31. The largest absolute Gasteiger partial charge is 0.444 e. The fourth-order valence-corrected chi connectivity index (χ4v) is 4.48. The monoisotopic (exact) mass is 398 g/mol. The number of carbonyl (C=O) groups excluding carboxylic acids is 1. The van der Waals surface area contributed by atoms with Crippen LogP contribution in [0.15, 0.2) is 23.0 Å². The van der Waals surface area contributed by atoms with E-state index in [4.69, 9.17) is 4.74 Å². The summed E-state index contributed by atoms with van der Waals surface area (Å²) in [5.41, 5.74) is 2.84. The fourth-order valence-electron chi connectivity index (χ4n) is 4.48. The zero-order valence-corrected chi connectivity index (χ0v) is 17.7. The minimum absolute atomic E-state index is 0.0601. The van der Waals surface area contributed by atoms with Crippen LogP contribution >= 0.6 is 0 Å². The maximum atomic E-state index is 13.0. The van der Waals surface area contributed by atoms with E-state index in [1.54, 1.807) is 0 Å². The van der Waals surface area contributed by atoms with E-state index >= 15 is 0 Å². The van der Waals surface area contributed by atoms with E-state index in [9.17, 15) is 9.59 Å². The van der Waals surface area contributed by atoms with Crippen LogP contribution in [0.4, 0.5) is 4.79 Å². The third-order valence-electron chi connectivity index (χ3n) is 5.86. The second kappa shape index (κ2) is 7.35. The van der Waals surface area contributed by atoms with E-state index in [-0.39, 0.29) is 11.7 Å². The van der Waals surface area contributed by atoms with Gasteiger partial charge in [-0.05, 0) is 77.3 Å². The van der Waals surface area contributed by atoms with Gasteiger partial charge in [0.15, 0.2) is 0 Å². The molecule has 1 aliphatic rings. The molecule has 7 heteroatoms. The standard InChI is InChI=1S/C22H30N4O3/c1-14-19-20(27)25(18-7-5-6-17(24-14)26(18)19)13-16-10-8-15(9-11-16)12-23-21(28)29-22(2,3)4/h5-7,15-16H,8-13H2,1-4H3,(H,23,28). The van der Waals surface area contributed by atoms with Crippen molar-refractivity contribution < 1.29 is 9.53 Å². The number of rotatable bonds is 4. The number of amides is 1. The Hall–Kier alpha value is -2.57. The van der Waals surface area contributed by atoms with Gasteiger partial charge in [0.1, 0.15) is 22.4 Å². The number of nitrogens with one attached hydrogen (secondary N) is 1. The second-order valence-electron chi connectivity index (χ2n) is 9.31. The van der Waals surface area contributed by atoms with Crippen LogP contribution in [0.5, 0.6) is 0 Å². The summed E-state index contributed by atoms with van der Waals surface area (Å²) < 4.78 is 9.21. The number of nitrogens with zero attached hydrogens (tertiary/aromatic N) is 3. The smallest absolute Gasteiger partial charge is 0.407 e. The zero-order valence-electron chi connectivity index (χ0n) is 17.7. The summed E-state index contributed by atoms with van der Waals surface area (Å²) in [6, 6.07) is 5.91. The molecule has 1 saturated carbocycles. The lowest BCUT2D eigenvalue weighted by molar-refractivity contribution is 0.0513. The van der Waals surface area contributed by atoms with Crippen molar-refractivity contribution in [2.75, 3.05) is 6.54 Å². The number of pyridine rings is 1. The van der Waals surface area contributed by atoms with Gasteiger partial charge in [-0.2, -0.15) is 0 Å². The molecule has 0 aliphatic heterocycles. The molecule has 7 nitrogen and oxygen atoms in total. The van der Waals surface area contributed by atoms with Gasteiger partial charge in [-0.1, -0.05) is 6.07 Å². The summed E-state index contributed by atoms with van der Waals surface area (Å²) in [7, 11) is 0. The number of hydrogen-bond donors (Lipinski definition) is 1. The van der Waals surface area contributed by atoms with Gasteiger partial charge in [0.2, 0.25) is 0 Å². The molecule has 0 atom stereocenters. The van der Waals surface area contributed by atoms with Gasteiger partial charge < -0.3 is 10.1 Å². The van der Waals surface area contributed by atoms with Crippen molar-refractivity contribution in [2.24, 2.45) is 11.8 Å². The summed E-state index contributed by atoms with van der Waals surface area (Å²) in [5.74, 6) is 0.946. The Morgan fingerprint density at radius 2 is 1.90 bits per heavy atom. The predicted octanol–water partition coefficient (Wildman–Crippen LogP) is 3.73. The van der Waals surface area contributed by atoms with Crippen molar-refractivity contribution in [3.05, 3.63) is 34.2 Å². The van der Waals surface area contributed by atoms with Gasteiger partial charge >= 0.3 is 6.09 Å². The van der Waals surface area contributed by atoms with Gasteiger partial charge in [0.25, 0.3) is 5.56 Å². The van der Waals surface area contributed by atoms with Crippen molar-refractivity contribution in [2.45, 2.75) is 65.5 Å². The minimum atomic E-state index is -0.473. The van der Waals surface area contributed by atoms with Gasteiger partial charge in [0, 0.05) is 13.1 Å². The molecule has 1 amide bonds. The van der Waals surface area contributed by atoms with Crippen LogP contribution in [0, 0.1) is 18.8 Å². The van der Waals surface area contributed by atoms with Crippen molar-refractivity contribution in [1.29, 1.82) is 0 Å². The van der Waals surface area contributed by atoms with E-state index in [2.05, 4.69) is 10.3 Å². The number of carbonyl (C=O) groups is 1. The van der Waals surface area contributed by atoms with Crippen LogP contribution in [0.2, 0.25) is 0 Å². The first-order chi connectivity index (χ1) is 13.7. The third-order valence-corrected chi connectivity index (χ3v) is 5.86. The van der Waals surface area contributed by atoms with Crippen molar-refractivity contribution in [3.8, 4) is 0 Å². The molecule has 3 aromatic heterocycles. The predicted molar refractivity (Wildman–Crippen MR) is 113 cm³/mol. The SMILES string of the molecule is Cc1nc2cccc3n(CC4CCC(CNC(=O)OC(C)(C)C)CC4)c(=O)c1n23.